The molecular weight excluding hydrogens is 364 g/mol. The second-order valence-electron chi connectivity index (χ2n) is 6.96. The molecule has 0 unspecified atom stereocenters. The number of unbranched alkanes of at least 4 members (excludes halogenated alkanes) is 8. The SMILES string of the molecule is CCCCCCCCCCCC1=NC(NC(N)=S)(NC(N)=S)CN1CC. The lowest BCUT2D eigenvalue weighted by atomic mass is 10.1. The van der Waals surface area contributed by atoms with Crippen LogP contribution in [0.3, 0.4) is 0 Å². The van der Waals surface area contributed by atoms with E-state index in [2.05, 4.69) is 29.4 Å². The summed E-state index contributed by atoms with van der Waals surface area (Å²) in [6, 6.07) is 0. The van der Waals surface area contributed by atoms with Crippen LogP contribution in [-0.4, -0.2) is 39.8 Å². The van der Waals surface area contributed by atoms with Gasteiger partial charge < -0.3 is 27.0 Å². The highest BCUT2D eigenvalue weighted by Crippen LogP contribution is 2.20. The van der Waals surface area contributed by atoms with Gasteiger partial charge in [-0.1, -0.05) is 58.3 Å². The Bertz CT molecular complexity index is 464. The summed E-state index contributed by atoms with van der Waals surface area (Å²) < 4.78 is 0. The number of amidine groups is 1. The van der Waals surface area contributed by atoms with Crippen LogP contribution >= 0.6 is 24.4 Å². The smallest absolute Gasteiger partial charge is 0.228 e. The number of thiocarbonyl (C=S) groups is 2. The standard InChI is InChI=1S/C18H36N6S2/c1-3-5-6-7-8-9-10-11-12-13-15-21-18(22-16(19)25,23-17(20)26)14-24(15)4-2/h3-14H2,1-2H3,(H3,19,22,25)(H3,20,23,26). The number of nitrogens with one attached hydrogen (secondary N) is 2. The van der Waals surface area contributed by atoms with E-state index < -0.39 is 5.79 Å². The third kappa shape index (κ3) is 8.49. The Kier molecular flexibility index (Phi) is 10.8. The molecule has 6 nitrogen and oxygen atoms in total. The third-order valence-corrected chi connectivity index (χ3v) is 4.85. The molecule has 0 aromatic carbocycles. The van der Waals surface area contributed by atoms with Crippen molar-refractivity contribution < 1.29 is 0 Å². The van der Waals surface area contributed by atoms with E-state index >= 15 is 0 Å². The normalized spacial score (nSPS) is 15.6. The number of hydrogen-bond acceptors (Lipinski definition) is 4. The van der Waals surface area contributed by atoms with Crippen molar-refractivity contribution >= 4 is 40.5 Å². The Balaban J connectivity index is 2.44. The number of aliphatic imine (C=N–C) groups is 1. The molecule has 0 radical (unpaired) electrons. The van der Waals surface area contributed by atoms with E-state index in [1.54, 1.807) is 0 Å². The molecule has 0 aliphatic carbocycles. The zero-order valence-electron chi connectivity index (χ0n) is 16.4. The molecule has 1 heterocycles. The van der Waals surface area contributed by atoms with Gasteiger partial charge in [0.05, 0.1) is 6.54 Å². The van der Waals surface area contributed by atoms with Crippen LogP contribution in [0.2, 0.25) is 0 Å². The molecule has 1 aliphatic rings. The zero-order chi connectivity index (χ0) is 19.4. The Morgan fingerprint density at radius 3 is 1.92 bits per heavy atom. The van der Waals surface area contributed by atoms with Crippen molar-refractivity contribution in [3.05, 3.63) is 0 Å². The summed E-state index contributed by atoms with van der Waals surface area (Å²) in [5.41, 5.74) is 11.3. The highest BCUT2D eigenvalue weighted by atomic mass is 32.1. The van der Waals surface area contributed by atoms with E-state index in [4.69, 9.17) is 40.9 Å². The molecule has 8 heteroatoms. The fourth-order valence-corrected chi connectivity index (χ4v) is 3.71. The minimum Gasteiger partial charge on any atom is -0.376 e. The van der Waals surface area contributed by atoms with Gasteiger partial charge in [0.1, 0.15) is 5.84 Å². The molecule has 0 bridgehead atoms. The third-order valence-electron chi connectivity index (χ3n) is 4.65. The van der Waals surface area contributed by atoms with Crippen molar-refractivity contribution in [3.8, 4) is 0 Å². The first-order valence-corrected chi connectivity index (χ1v) is 10.7. The molecule has 0 saturated carbocycles. The van der Waals surface area contributed by atoms with Gasteiger partial charge in [-0.15, -0.1) is 0 Å². The highest BCUT2D eigenvalue weighted by Gasteiger charge is 2.39. The van der Waals surface area contributed by atoms with Gasteiger partial charge in [-0.05, 0) is 37.8 Å². The van der Waals surface area contributed by atoms with Crippen LogP contribution in [0.1, 0.15) is 78.1 Å². The summed E-state index contributed by atoms with van der Waals surface area (Å²) in [4.78, 5) is 7.03. The predicted molar refractivity (Wildman–Crippen MR) is 119 cm³/mol. The van der Waals surface area contributed by atoms with E-state index in [0.29, 0.717) is 6.54 Å². The molecule has 150 valence electrons. The summed E-state index contributed by atoms with van der Waals surface area (Å²) in [6.07, 6.45) is 12.8. The van der Waals surface area contributed by atoms with Crippen LogP contribution in [0.4, 0.5) is 0 Å². The van der Waals surface area contributed by atoms with E-state index in [-0.39, 0.29) is 10.2 Å². The Labute approximate surface area is 169 Å². The molecule has 6 N–H and O–H groups in total. The molecule has 1 aliphatic heterocycles. The van der Waals surface area contributed by atoms with Crippen LogP contribution in [-0.2, 0) is 0 Å². The molecule has 26 heavy (non-hydrogen) atoms. The van der Waals surface area contributed by atoms with Crippen molar-refractivity contribution in [2.24, 2.45) is 16.5 Å². The molecule has 1 rings (SSSR count). The maximum Gasteiger partial charge on any atom is 0.228 e. The number of nitrogens with two attached hydrogens (primary N) is 2. The second kappa shape index (κ2) is 12.3. The molecule has 0 amide bonds. The molecule has 0 saturated heterocycles. The van der Waals surface area contributed by atoms with E-state index in [1.807, 2.05) is 0 Å². The quantitative estimate of drug-likeness (QED) is 0.215. The fraction of sp³-hybridized carbons (Fsp3) is 0.833. The molecule has 0 fully saturated rings. The largest absolute Gasteiger partial charge is 0.376 e. The Morgan fingerprint density at radius 2 is 1.46 bits per heavy atom. The molecule has 0 spiro atoms. The van der Waals surface area contributed by atoms with Crippen LogP contribution in [0.5, 0.6) is 0 Å². The van der Waals surface area contributed by atoms with Crippen LogP contribution in [0.25, 0.3) is 0 Å². The van der Waals surface area contributed by atoms with Gasteiger partial charge in [0, 0.05) is 13.0 Å². The van der Waals surface area contributed by atoms with Crippen molar-refractivity contribution in [2.75, 3.05) is 13.1 Å². The zero-order valence-corrected chi connectivity index (χ0v) is 18.0. The monoisotopic (exact) mass is 400 g/mol. The summed E-state index contributed by atoms with van der Waals surface area (Å²) in [5.74, 6) is 0.213. The fourth-order valence-electron chi connectivity index (χ4n) is 3.37. The lowest BCUT2D eigenvalue weighted by Crippen LogP contribution is -2.63. The average molecular weight is 401 g/mol. The first-order valence-electron chi connectivity index (χ1n) is 9.91. The Morgan fingerprint density at radius 1 is 0.962 bits per heavy atom. The van der Waals surface area contributed by atoms with Gasteiger partial charge in [0.25, 0.3) is 0 Å². The van der Waals surface area contributed by atoms with Crippen molar-refractivity contribution in [3.63, 3.8) is 0 Å². The minimum absolute atomic E-state index is 0.179. The van der Waals surface area contributed by atoms with Gasteiger partial charge in [0.15, 0.2) is 10.2 Å². The van der Waals surface area contributed by atoms with Crippen LogP contribution in [0, 0.1) is 0 Å². The minimum atomic E-state index is -0.845. The second-order valence-corrected chi connectivity index (χ2v) is 7.84. The first-order chi connectivity index (χ1) is 12.4. The van der Waals surface area contributed by atoms with Crippen LogP contribution in [0.15, 0.2) is 4.99 Å². The number of likely N-dealkylation sites (N-methyl/N-ethyl adjacent to an activating group) is 1. The lowest BCUT2D eigenvalue weighted by Gasteiger charge is -2.30. The molecular formula is C18H36N6S2. The van der Waals surface area contributed by atoms with E-state index in [0.717, 1.165) is 25.2 Å². The summed E-state index contributed by atoms with van der Waals surface area (Å²) >= 11 is 10.00. The highest BCUT2D eigenvalue weighted by molar-refractivity contribution is 7.80. The lowest BCUT2D eigenvalue weighted by molar-refractivity contribution is 0.307. The molecule has 0 aromatic rings. The molecule has 0 atom stereocenters. The van der Waals surface area contributed by atoms with Gasteiger partial charge in [-0.2, -0.15) is 0 Å². The summed E-state index contributed by atoms with van der Waals surface area (Å²) in [6.45, 7) is 5.84. The van der Waals surface area contributed by atoms with E-state index in [1.165, 1.54) is 51.4 Å². The van der Waals surface area contributed by atoms with Gasteiger partial charge in [0.2, 0.25) is 5.79 Å². The van der Waals surface area contributed by atoms with E-state index in [9.17, 15) is 0 Å². The summed E-state index contributed by atoms with van der Waals surface area (Å²) in [5, 5.41) is 6.39. The van der Waals surface area contributed by atoms with Gasteiger partial charge in [-0.3, -0.25) is 0 Å². The molecule has 0 aromatic heterocycles. The van der Waals surface area contributed by atoms with Crippen LogP contribution < -0.4 is 22.1 Å². The van der Waals surface area contributed by atoms with Crippen molar-refractivity contribution in [1.29, 1.82) is 0 Å². The number of nitrogens with zero attached hydrogens (tertiary/aromatic N) is 2. The first kappa shape index (κ1) is 22.9. The number of hydrogen-bond donors (Lipinski definition) is 4. The van der Waals surface area contributed by atoms with Crippen molar-refractivity contribution in [1.82, 2.24) is 15.5 Å². The maximum absolute atomic E-state index is 5.67. The predicted octanol–water partition coefficient (Wildman–Crippen LogP) is 2.96. The summed E-state index contributed by atoms with van der Waals surface area (Å²) in [7, 11) is 0. The van der Waals surface area contributed by atoms with Gasteiger partial charge in [-0.25, -0.2) is 4.99 Å². The number of rotatable bonds is 13. The average Bonchev–Trinajstić information content (AvgIpc) is 2.89. The topological polar surface area (TPSA) is 91.7 Å². The van der Waals surface area contributed by atoms with Gasteiger partial charge >= 0.3 is 0 Å². The Hall–Kier alpha value is -1.15. The van der Waals surface area contributed by atoms with Crippen molar-refractivity contribution in [2.45, 2.75) is 83.8 Å². The maximum atomic E-state index is 5.67.